The second-order valence-corrected chi connectivity index (χ2v) is 6.71. The fourth-order valence-corrected chi connectivity index (χ4v) is 2.45. The molecule has 1 aromatic heterocycles. The second kappa shape index (κ2) is 7.39. The van der Waals surface area contributed by atoms with Crippen LogP contribution in [0, 0.1) is 5.92 Å². The zero-order valence-corrected chi connectivity index (χ0v) is 13.9. The number of alkyl carbamates (subject to hydrolysis) is 1. The molecule has 2 rings (SSSR count). The molecule has 1 aromatic rings. The molecule has 0 saturated carbocycles. The number of carbonyl (C=O) groups excluding carboxylic acids is 2. The van der Waals surface area contributed by atoms with E-state index in [1.165, 1.54) is 12.4 Å². The number of nitrogens with one attached hydrogen (secondary N) is 1. The molecular weight excluding hydrogens is 296 g/mol. The Morgan fingerprint density at radius 1 is 1.30 bits per heavy atom. The number of rotatable bonds is 3. The van der Waals surface area contributed by atoms with Crippen molar-refractivity contribution < 1.29 is 14.3 Å². The normalized spacial score (nSPS) is 16.0. The summed E-state index contributed by atoms with van der Waals surface area (Å²) in [5, 5.41) is 2.80. The number of amides is 2. The molecule has 2 heterocycles. The van der Waals surface area contributed by atoms with Gasteiger partial charge >= 0.3 is 6.09 Å². The Morgan fingerprint density at radius 2 is 2.00 bits per heavy atom. The average Bonchev–Trinajstić information content (AvgIpc) is 2.52. The average molecular weight is 320 g/mol. The molecule has 0 radical (unpaired) electrons. The predicted octanol–water partition coefficient (Wildman–Crippen LogP) is 1.85. The number of hydrogen-bond donors (Lipinski definition) is 1. The van der Waals surface area contributed by atoms with Gasteiger partial charge in [0.1, 0.15) is 11.3 Å². The van der Waals surface area contributed by atoms with Gasteiger partial charge in [-0.1, -0.05) is 0 Å². The SMILES string of the molecule is CC(C)(C)OC(=O)NCC1CCN(C(=O)c2cnccn2)CC1. The van der Waals surface area contributed by atoms with Crippen LogP contribution >= 0.6 is 0 Å². The summed E-state index contributed by atoms with van der Waals surface area (Å²) in [5.41, 5.74) is -0.117. The Balaban J connectivity index is 1.74. The lowest BCUT2D eigenvalue weighted by atomic mass is 9.96. The molecule has 1 fully saturated rings. The van der Waals surface area contributed by atoms with Crippen molar-refractivity contribution in [2.45, 2.75) is 39.2 Å². The van der Waals surface area contributed by atoms with Crippen LogP contribution < -0.4 is 5.32 Å². The quantitative estimate of drug-likeness (QED) is 0.919. The summed E-state index contributed by atoms with van der Waals surface area (Å²) in [6.07, 6.45) is 5.86. The highest BCUT2D eigenvalue weighted by Gasteiger charge is 2.25. The Bertz CT molecular complexity index is 534. The maximum atomic E-state index is 12.3. The van der Waals surface area contributed by atoms with Crippen LogP contribution in [-0.4, -0.2) is 52.1 Å². The predicted molar refractivity (Wildman–Crippen MR) is 84.9 cm³/mol. The smallest absolute Gasteiger partial charge is 0.407 e. The fraction of sp³-hybridized carbons (Fsp3) is 0.625. The van der Waals surface area contributed by atoms with Gasteiger partial charge in [-0.05, 0) is 39.5 Å². The molecule has 1 aliphatic rings. The van der Waals surface area contributed by atoms with Gasteiger partial charge in [-0.2, -0.15) is 0 Å². The molecule has 0 unspecified atom stereocenters. The maximum Gasteiger partial charge on any atom is 0.407 e. The first-order valence-corrected chi connectivity index (χ1v) is 7.87. The third kappa shape index (κ3) is 5.50. The molecule has 0 spiro atoms. The molecule has 0 aliphatic carbocycles. The van der Waals surface area contributed by atoms with Gasteiger partial charge in [-0.25, -0.2) is 9.78 Å². The van der Waals surface area contributed by atoms with Crippen molar-refractivity contribution in [1.82, 2.24) is 20.2 Å². The summed E-state index contributed by atoms with van der Waals surface area (Å²) in [6.45, 7) is 7.41. The van der Waals surface area contributed by atoms with E-state index in [0.29, 0.717) is 31.2 Å². The molecule has 0 aromatic carbocycles. The summed E-state index contributed by atoms with van der Waals surface area (Å²) >= 11 is 0. The minimum Gasteiger partial charge on any atom is -0.444 e. The number of hydrogen-bond acceptors (Lipinski definition) is 5. The zero-order valence-electron chi connectivity index (χ0n) is 13.9. The van der Waals surface area contributed by atoms with E-state index in [1.807, 2.05) is 20.8 Å². The van der Waals surface area contributed by atoms with Crippen molar-refractivity contribution in [2.24, 2.45) is 5.92 Å². The van der Waals surface area contributed by atoms with E-state index in [9.17, 15) is 9.59 Å². The third-order valence-electron chi connectivity index (χ3n) is 3.62. The van der Waals surface area contributed by atoms with E-state index in [2.05, 4.69) is 15.3 Å². The Kier molecular flexibility index (Phi) is 5.52. The van der Waals surface area contributed by atoms with E-state index in [1.54, 1.807) is 11.1 Å². The summed E-state index contributed by atoms with van der Waals surface area (Å²) < 4.78 is 5.22. The van der Waals surface area contributed by atoms with Gasteiger partial charge in [0.2, 0.25) is 0 Å². The molecule has 7 heteroatoms. The largest absolute Gasteiger partial charge is 0.444 e. The van der Waals surface area contributed by atoms with E-state index < -0.39 is 11.7 Å². The number of carbonyl (C=O) groups is 2. The van der Waals surface area contributed by atoms with Crippen molar-refractivity contribution in [3.8, 4) is 0 Å². The lowest BCUT2D eigenvalue weighted by Crippen LogP contribution is -2.42. The monoisotopic (exact) mass is 320 g/mol. The first kappa shape index (κ1) is 17.2. The van der Waals surface area contributed by atoms with Crippen LogP contribution in [0.2, 0.25) is 0 Å². The molecule has 0 bridgehead atoms. The summed E-state index contributed by atoms with van der Waals surface area (Å²) in [7, 11) is 0. The van der Waals surface area contributed by atoms with Crippen molar-refractivity contribution >= 4 is 12.0 Å². The van der Waals surface area contributed by atoms with Crippen LogP contribution in [0.5, 0.6) is 0 Å². The number of aromatic nitrogens is 2. The van der Waals surface area contributed by atoms with Gasteiger partial charge in [-0.3, -0.25) is 9.78 Å². The molecule has 7 nitrogen and oxygen atoms in total. The fourth-order valence-electron chi connectivity index (χ4n) is 2.45. The van der Waals surface area contributed by atoms with Crippen LogP contribution in [0.15, 0.2) is 18.6 Å². The van der Waals surface area contributed by atoms with Gasteiger partial charge < -0.3 is 15.0 Å². The Labute approximate surface area is 136 Å². The molecule has 2 amide bonds. The number of piperidine rings is 1. The van der Waals surface area contributed by atoms with Crippen LogP contribution in [0.4, 0.5) is 4.79 Å². The number of nitrogens with zero attached hydrogens (tertiary/aromatic N) is 3. The van der Waals surface area contributed by atoms with Crippen LogP contribution in [0.3, 0.4) is 0 Å². The lowest BCUT2D eigenvalue weighted by molar-refractivity contribution is 0.0499. The van der Waals surface area contributed by atoms with Gasteiger partial charge in [0.05, 0.1) is 6.20 Å². The van der Waals surface area contributed by atoms with Crippen LogP contribution in [-0.2, 0) is 4.74 Å². The Hall–Kier alpha value is -2.18. The van der Waals surface area contributed by atoms with Crippen molar-refractivity contribution in [2.75, 3.05) is 19.6 Å². The van der Waals surface area contributed by atoms with Gasteiger partial charge in [0, 0.05) is 32.0 Å². The Morgan fingerprint density at radius 3 is 2.57 bits per heavy atom. The van der Waals surface area contributed by atoms with Gasteiger partial charge in [0.15, 0.2) is 0 Å². The molecule has 0 atom stereocenters. The minimum absolute atomic E-state index is 0.0864. The summed E-state index contributed by atoms with van der Waals surface area (Å²) in [5.74, 6) is 0.269. The second-order valence-electron chi connectivity index (χ2n) is 6.71. The van der Waals surface area contributed by atoms with Crippen molar-refractivity contribution in [3.63, 3.8) is 0 Å². The zero-order chi connectivity index (χ0) is 16.9. The van der Waals surface area contributed by atoms with E-state index >= 15 is 0 Å². The third-order valence-corrected chi connectivity index (χ3v) is 3.62. The standard InChI is InChI=1S/C16H24N4O3/c1-16(2,3)23-15(22)19-10-12-4-8-20(9-5-12)14(21)13-11-17-6-7-18-13/h6-7,11-12H,4-5,8-10H2,1-3H3,(H,19,22). The van der Waals surface area contributed by atoms with E-state index in [-0.39, 0.29) is 5.91 Å². The molecule has 1 saturated heterocycles. The van der Waals surface area contributed by atoms with Crippen molar-refractivity contribution in [1.29, 1.82) is 0 Å². The molecule has 126 valence electrons. The summed E-state index contributed by atoms with van der Waals surface area (Å²) in [4.78, 5) is 33.7. The van der Waals surface area contributed by atoms with Gasteiger partial charge in [-0.15, -0.1) is 0 Å². The number of likely N-dealkylation sites (tertiary alicyclic amines) is 1. The molecule has 1 N–H and O–H groups in total. The van der Waals surface area contributed by atoms with Crippen molar-refractivity contribution in [3.05, 3.63) is 24.3 Å². The lowest BCUT2D eigenvalue weighted by Gasteiger charge is -2.32. The molecule has 23 heavy (non-hydrogen) atoms. The molecule has 1 aliphatic heterocycles. The van der Waals surface area contributed by atoms with E-state index in [0.717, 1.165) is 12.8 Å². The highest BCUT2D eigenvalue weighted by Crippen LogP contribution is 2.18. The van der Waals surface area contributed by atoms with Gasteiger partial charge in [0.25, 0.3) is 5.91 Å². The first-order chi connectivity index (χ1) is 10.8. The maximum absolute atomic E-state index is 12.3. The highest BCUT2D eigenvalue weighted by atomic mass is 16.6. The summed E-state index contributed by atoms with van der Waals surface area (Å²) in [6, 6.07) is 0. The first-order valence-electron chi connectivity index (χ1n) is 7.87. The topological polar surface area (TPSA) is 84.4 Å². The van der Waals surface area contributed by atoms with Crippen LogP contribution in [0.25, 0.3) is 0 Å². The van der Waals surface area contributed by atoms with E-state index in [4.69, 9.17) is 4.74 Å². The van der Waals surface area contributed by atoms with Crippen LogP contribution in [0.1, 0.15) is 44.1 Å². The number of ether oxygens (including phenoxy) is 1. The molecular formula is C16H24N4O3. The minimum atomic E-state index is -0.489. The highest BCUT2D eigenvalue weighted by molar-refractivity contribution is 5.92.